The summed E-state index contributed by atoms with van der Waals surface area (Å²) in [5, 5.41) is 17.3. The lowest BCUT2D eigenvalue weighted by molar-refractivity contribution is 0.462. The number of hydrogen-bond donors (Lipinski definition) is 0. The van der Waals surface area contributed by atoms with Gasteiger partial charge in [-0.15, -0.1) is 31.7 Å². The van der Waals surface area contributed by atoms with Gasteiger partial charge in [0, 0.05) is 10.4 Å². The fourth-order valence-corrected chi connectivity index (χ4v) is 5.51. The van der Waals surface area contributed by atoms with Crippen molar-refractivity contribution in [3.05, 3.63) is 52.2 Å². The molecule has 0 radical (unpaired) electrons. The number of hydrogen-bond acceptors (Lipinski definition) is 8. The van der Waals surface area contributed by atoms with E-state index in [0.29, 0.717) is 22.9 Å². The van der Waals surface area contributed by atoms with Crippen LogP contribution in [0.1, 0.15) is 47.4 Å². The maximum absolute atomic E-state index is 5.93. The number of aryl methyl sites for hydroxylation is 2. The molecule has 8 heteroatoms. The van der Waals surface area contributed by atoms with Gasteiger partial charge in [0.2, 0.25) is 11.8 Å². The minimum absolute atomic E-state index is 0.0956. The van der Waals surface area contributed by atoms with E-state index in [0.717, 1.165) is 34.8 Å². The molecule has 6 nitrogen and oxygen atoms in total. The maximum atomic E-state index is 5.93. The summed E-state index contributed by atoms with van der Waals surface area (Å²) in [4.78, 5) is 2.51. The molecule has 0 unspecified atom stereocenters. The molecule has 2 atom stereocenters. The molecule has 0 spiro atoms. The second kappa shape index (κ2) is 8.00. The molecule has 1 aliphatic carbocycles. The van der Waals surface area contributed by atoms with Crippen LogP contribution in [0, 0.1) is 12.8 Å². The number of nitrogens with zero attached hydrogens (tertiary/aromatic N) is 4. The van der Waals surface area contributed by atoms with E-state index in [1.54, 1.807) is 11.3 Å². The van der Waals surface area contributed by atoms with Gasteiger partial charge in [-0.2, -0.15) is 0 Å². The Bertz CT molecular complexity index is 1180. The van der Waals surface area contributed by atoms with Crippen molar-refractivity contribution in [2.45, 2.75) is 50.5 Å². The van der Waals surface area contributed by atoms with Gasteiger partial charge in [0.15, 0.2) is 0 Å². The first-order chi connectivity index (χ1) is 14.5. The van der Waals surface area contributed by atoms with Gasteiger partial charge in [-0.3, -0.25) is 0 Å². The fraction of sp³-hybridized carbons (Fsp3) is 0.364. The molecule has 1 aliphatic rings. The maximum Gasteiger partial charge on any atom is 0.277 e. The van der Waals surface area contributed by atoms with E-state index in [4.69, 9.17) is 8.83 Å². The highest BCUT2D eigenvalue weighted by Gasteiger charge is 2.23. The van der Waals surface area contributed by atoms with E-state index in [-0.39, 0.29) is 5.25 Å². The highest BCUT2D eigenvalue weighted by atomic mass is 32.2. The van der Waals surface area contributed by atoms with Crippen LogP contribution in [-0.4, -0.2) is 20.4 Å². The molecule has 5 rings (SSSR count). The van der Waals surface area contributed by atoms with E-state index >= 15 is 0 Å². The van der Waals surface area contributed by atoms with Gasteiger partial charge >= 0.3 is 0 Å². The van der Waals surface area contributed by atoms with Crippen molar-refractivity contribution in [2.24, 2.45) is 5.92 Å². The number of rotatable bonds is 5. The first-order valence-electron chi connectivity index (χ1n) is 10.1. The van der Waals surface area contributed by atoms with Crippen molar-refractivity contribution in [1.29, 1.82) is 0 Å². The Morgan fingerprint density at radius 1 is 1.10 bits per heavy atom. The topological polar surface area (TPSA) is 77.8 Å². The van der Waals surface area contributed by atoms with Crippen LogP contribution in [0.5, 0.6) is 0 Å². The van der Waals surface area contributed by atoms with Crippen LogP contribution in [0.3, 0.4) is 0 Å². The zero-order valence-corrected chi connectivity index (χ0v) is 18.7. The molecule has 154 valence electrons. The molecule has 0 fully saturated rings. The molecule has 0 amide bonds. The molecule has 1 aromatic carbocycles. The molecular formula is C22H22N4O2S2. The second-order valence-corrected chi connectivity index (χ2v) is 10.3. The Morgan fingerprint density at radius 2 is 1.97 bits per heavy atom. The summed E-state index contributed by atoms with van der Waals surface area (Å²) in [5.74, 6) is 2.39. The van der Waals surface area contributed by atoms with Gasteiger partial charge < -0.3 is 8.83 Å². The van der Waals surface area contributed by atoms with E-state index in [1.165, 1.54) is 28.6 Å². The Balaban J connectivity index is 1.30. The smallest absolute Gasteiger partial charge is 0.277 e. The molecule has 0 bridgehead atoms. The van der Waals surface area contributed by atoms with Gasteiger partial charge in [-0.1, -0.05) is 36.4 Å². The Morgan fingerprint density at radius 3 is 2.83 bits per heavy atom. The summed E-state index contributed by atoms with van der Waals surface area (Å²) in [6, 6.07) is 10.2. The highest BCUT2D eigenvalue weighted by molar-refractivity contribution is 7.99. The number of thioether (sulfide) groups is 1. The average molecular weight is 439 g/mol. The van der Waals surface area contributed by atoms with Gasteiger partial charge in [0.1, 0.15) is 0 Å². The quantitative estimate of drug-likeness (QED) is 0.347. The van der Waals surface area contributed by atoms with Gasteiger partial charge in [-0.25, -0.2) is 0 Å². The molecule has 0 saturated carbocycles. The van der Waals surface area contributed by atoms with Crippen LogP contribution in [0.2, 0.25) is 0 Å². The monoisotopic (exact) mass is 438 g/mol. The molecule has 0 aliphatic heterocycles. The van der Waals surface area contributed by atoms with Gasteiger partial charge in [-0.05, 0) is 62.8 Å². The first-order valence-corrected chi connectivity index (χ1v) is 11.8. The Labute approximate surface area is 183 Å². The van der Waals surface area contributed by atoms with Crippen LogP contribution >= 0.6 is 23.1 Å². The van der Waals surface area contributed by atoms with Crippen molar-refractivity contribution >= 4 is 23.1 Å². The zero-order valence-electron chi connectivity index (χ0n) is 17.1. The predicted octanol–water partition coefficient (Wildman–Crippen LogP) is 6.13. The normalized spacial score (nSPS) is 17.1. The Kier molecular flexibility index (Phi) is 5.20. The molecule has 30 heavy (non-hydrogen) atoms. The lowest BCUT2D eigenvalue weighted by Crippen LogP contribution is -2.07. The van der Waals surface area contributed by atoms with E-state index < -0.39 is 0 Å². The van der Waals surface area contributed by atoms with Crippen LogP contribution in [0.25, 0.3) is 22.2 Å². The summed E-state index contributed by atoms with van der Waals surface area (Å²) in [6.07, 6.45) is 3.54. The SMILES string of the molecule is Cc1cccc(-c2nnc([C@H](C)Sc3nnc(-c4cc5c(s4)CC[C@@H](C)C5)o3)o2)c1. The minimum Gasteiger partial charge on any atom is -0.419 e. The van der Waals surface area contributed by atoms with Crippen LogP contribution in [0.15, 0.2) is 44.4 Å². The number of fused-ring (bicyclic) bond motifs is 1. The third-order valence-electron chi connectivity index (χ3n) is 5.28. The summed E-state index contributed by atoms with van der Waals surface area (Å²) in [7, 11) is 0. The first kappa shape index (κ1) is 19.5. The molecule has 3 aromatic heterocycles. The number of benzene rings is 1. The van der Waals surface area contributed by atoms with Crippen LogP contribution < -0.4 is 0 Å². The highest BCUT2D eigenvalue weighted by Crippen LogP contribution is 2.39. The zero-order chi connectivity index (χ0) is 20.7. The van der Waals surface area contributed by atoms with Crippen LogP contribution in [0.4, 0.5) is 0 Å². The number of aromatic nitrogens is 4. The average Bonchev–Trinajstić information content (AvgIpc) is 3.46. The fourth-order valence-electron chi connectivity index (χ4n) is 3.66. The summed E-state index contributed by atoms with van der Waals surface area (Å²) >= 11 is 3.20. The summed E-state index contributed by atoms with van der Waals surface area (Å²) in [5.41, 5.74) is 3.50. The molecule has 0 N–H and O–H groups in total. The predicted molar refractivity (Wildman–Crippen MR) is 118 cm³/mol. The van der Waals surface area contributed by atoms with Crippen molar-refractivity contribution in [3.63, 3.8) is 0 Å². The molecule has 4 aromatic rings. The van der Waals surface area contributed by atoms with Crippen LogP contribution in [-0.2, 0) is 12.8 Å². The van der Waals surface area contributed by atoms with Gasteiger partial charge in [0.05, 0.1) is 10.1 Å². The van der Waals surface area contributed by atoms with Crippen molar-refractivity contribution in [3.8, 4) is 22.2 Å². The summed E-state index contributed by atoms with van der Waals surface area (Å²) < 4.78 is 11.8. The lowest BCUT2D eigenvalue weighted by atomic mass is 9.90. The number of thiophene rings is 1. The van der Waals surface area contributed by atoms with Crippen molar-refractivity contribution in [2.75, 3.05) is 0 Å². The standard InChI is InChI=1S/C22H22N4O2S2/c1-12-5-4-6-15(9-12)20-24-23-19(27-20)14(3)29-22-26-25-21(28-22)18-11-16-10-13(2)7-8-17(16)30-18/h4-6,9,11,13-14H,7-8,10H2,1-3H3/t13-,14+/m1/s1. The van der Waals surface area contributed by atoms with E-state index in [2.05, 4.69) is 33.4 Å². The third-order valence-corrected chi connectivity index (χ3v) is 7.42. The molecule has 0 saturated heterocycles. The van der Waals surface area contributed by atoms with Gasteiger partial charge in [0.25, 0.3) is 11.1 Å². The largest absolute Gasteiger partial charge is 0.419 e. The molecule has 3 heterocycles. The Hall–Kier alpha value is -2.45. The minimum atomic E-state index is -0.0956. The van der Waals surface area contributed by atoms with Crippen molar-refractivity contribution in [1.82, 2.24) is 20.4 Å². The molecular weight excluding hydrogens is 416 g/mol. The van der Waals surface area contributed by atoms with E-state index in [9.17, 15) is 0 Å². The van der Waals surface area contributed by atoms with Crippen molar-refractivity contribution < 1.29 is 8.83 Å². The third kappa shape index (κ3) is 3.94. The lowest BCUT2D eigenvalue weighted by Gasteiger charge is -2.16. The second-order valence-electron chi connectivity index (χ2n) is 7.86. The van der Waals surface area contributed by atoms with E-state index in [1.807, 2.05) is 38.1 Å². The summed E-state index contributed by atoms with van der Waals surface area (Å²) in [6.45, 7) is 6.34.